The molecule has 1 N–H and O–H groups in total. The fraction of sp³-hybridized carbons (Fsp3) is 0.400. The summed E-state index contributed by atoms with van der Waals surface area (Å²) in [4.78, 5) is 4.68. The molecule has 0 amide bonds. The highest BCUT2D eigenvalue weighted by atomic mass is 16.5. The van der Waals surface area contributed by atoms with Crippen molar-refractivity contribution in [3.8, 4) is 11.5 Å². The fourth-order valence-electron chi connectivity index (χ4n) is 2.32. The van der Waals surface area contributed by atoms with Gasteiger partial charge >= 0.3 is 0 Å². The van der Waals surface area contributed by atoms with Crippen LogP contribution in [0.4, 0.5) is 5.82 Å². The van der Waals surface area contributed by atoms with E-state index in [9.17, 15) is 0 Å². The molecule has 0 saturated heterocycles. The lowest BCUT2D eigenvalue weighted by Gasteiger charge is -2.13. The quantitative estimate of drug-likeness (QED) is 0.915. The standard InChI is InChI=1S/C15H18N2O2/c1-9-8-13(16-10-4-5-10)17-15-12(19-3)7-6-11(18-2)14(9)15/h6-8,10H,4-5H2,1-3H3,(H,16,17). The van der Waals surface area contributed by atoms with Gasteiger partial charge in [-0.1, -0.05) is 0 Å². The Hall–Kier alpha value is -1.97. The van der Waals surface area contributed by atoms with Crippen LogP contribution >= 0.6 is 0 Å². The number of hydrogen-bond donors (Lipinski definition) is 1. The second kappa shape index (κ2) is 4.61. The van der Waals surface area contributed by atoms with Crippen molar-refractivity contribution in [2.75, 3.05) is 19.5 Å². The van der Waals surface area contributed by atoms with Gasteiger partial charge < -0.3 is 14.8 Å². The molecule has 1 heterocycles. The van der Waals surface area contributed by atoms with Gasteiger partial charge in [-0.3, -0.25) is 0 Å². The Morgan fingerprint density at radius 1 is 1.16 bits per heavy atom. The lowest BCUT2D eigenvalue weighted by atomic mass is 10.1. The zero-order valence-corrected chi connectivity index (χ0v) is 11.5. The second-order valence-corrected chi connectivity index (χ2v) is 4.94. The molecule has 100 valence electrons. The van der Waals surface area contributed by atoms with Crippen LogP contribution in [0.15, 0.2) is 18.2 Å². The SMILES string of the molecule is COc1ccc(OC)c2c(C)cc(NC3CC3)nc12. The van der Waals surface area contributed by atoms with Gasteiger partial charge in [-0.25, -0.2) is 4.98 Å². The summed E-state index contributed by atoms with van der Waals surface area (Å²) >= 11 is 0. The summed E-state index contributed by atoms with van der Waals surface area (Å²) in [5, 5.41) is 4.45. The normalized spacial score (nSPS) is 14.5. The predicted octanol–water partition coefficient (Wildman–Crippen LogP) is 3.13. The molecule has 19 heavy (non-hydrogen) atoms. The number of pyridine rings is 1. The summed E-state index contributed by atoms with van der Waals surface area (Å²) in [6, 6.07) is 6.47. The van der Waals surface area contributed by atoms with Crippen molar-refractivity contribution in [2.45, 2.75) is 25.8 Å². The monoisotopic (exact) mass is 258 g/mol. The Kier molecular flexibility index (Phi) is 2.93. The molecular weight excluding hydrogens is 240 g/mol. The summed E-state index contributed by atoms with van der Waals surface area (Å²) in [5.74, 6) is 2.52. The molecule has 0 spiro atoms. The van der Waals surface area contributed by atoms with Gasteiger partial charge in [-0.2, -0.15) is 0 Å². The van der Waals surface area contributed by atoms with Crippen molar-refractivity contribution in [1.82, 2.24) is 4.98 Å². The Balaban J connectivity index is 2.19. The van der Waals surface area contributed by atoms with E-state index in [0.717, 1.165) is 33.8 Å². The number of aryl methyl sites for hydroxylation is 1. The summed E-state index contributed by atoms with van der Waals surface area (Å²) in [7, 11) is 3.34. The number of rotatable bonds is 4. The molecule has 1 saturated carbocycles. The van der Waals surface area contributed by atoms with Crippen LogP contribution in [0.1, 0.15) is 18.4 Å². The molecule has 1 fully saturated rings. The van der Waals surface area contributed by atoms with Gasteiger partial charge in [-0.05, 0) is 43.5 Å². The average Bonchev–Trinajstić information content (AvgIpc) is 3.21. The van der Waals surface area contributed by atoms with Crippen LogP contribution in [-0.4, -0.2) is 25.2 Å². The Morgan fingerprint density at radius 2 is 1.84 bits per heavy atom. The number of benzene rings is 1. The maximum Gasteiger partial charge on any atom is 0.145 e. The first-order valence-corrected chi connectivity index (χ1v) is 6.52. The van der Waals surface area contributed by atoms with E-state index < -0.39 is 0 Å². The molecule has 1 aliphatic rings. The minimum Gasteiger partial charge on any atom is -0.496 e. The maximum atomic E-state index is 5.43. The van der Waals surface area contributed by atoms with Crippen molar-refractivity contribution in [2.24, 2.45) is 0 Å². The van der Waals surface area contributed by atoms with Crippen LogP contribution in [0.25, 0.3) is 10.9 Å². The van der Waals surface area contributed by atoms with Gasteiger partial charge in [0.2, 0.25) is 0 Å². The van der Waals surface area contributed by atoms with Crippen LogP contribution in [0.3, 0.4) is 0 Å². The van der Waals surface area contributed by atoms with Gasteiger partial charge in [0.25, 0.3) is 0 Å². The number of hydrogen-bond acceptors (Lipinski definition) is 4. The van der Waals surface area contributed by atoms with E-state index in [-0.39, 0.29) is 0 Å². The fourth-order valence-corrected chi connectivity index (χ4v) is 2.32. The second-order valence-electron chi connectivity index (χ2n) is 4.94. The van der Waals surface area contributed by atoms with Crippen LogP contribution in [-0.2, 0) is 0 Å². The first-order valence-electron chi connectivity index (χ1n) is 6.52. The van der Waals surface area contributed by atoms with Gasteiger partial charge in [0.15, 0.2) is 0 Å². The van der Waals surface area contributed by atoms with Crippen molar-refractivity contribution in [1.29, 1.82) is 0 Å². The number of nitrogens with zero attached hydrogens (tertiary/aromatic N) is 1. The molecule has 0 bridgehead atoms. The smallest absolute Gasteiger partial charge is 0.145 e. The number of nitrogens with one attached hydrogen (secondary N) is 1. The number of methoxy groups -OCH3 is 2. The summed E-state index contributed by atoms with van der Waals surface area (Å²) in [5.41, 5.74) is 1.99. The van der Waals surface area contributed by atoms with E-state index in [0.29, 0.717) is 6.04 Å². The number of aromatic nitrogens is 1. The molecule has 4 heteroatoms. The highest BCUT2D eigenvalue weighted by Crippen LogP contribution is 2.36. The van der Waals surface area contributed by atoms with E-state index in [4.69, 9.17) is 9.47 Å². The van der Waals surface area contributed by atoms with Crippen LogP contribution in [0.2, 0.25) is 0 Å². The van der Waals surface area contributed by atoms with Crippen molar-refractivity contribution >= 4 is 16.7 Å². The van der Waals surface area contributed by atoms with E-state index >= 15 is 0 Å². The summed E-state index contributed by atoms with van der Waals surface area (Å²) < 4.78 is 10.8. The third-order valence-corrected chi connectivity index (χ3v) is 3.45. The van der Waals surface area contributed by atoms with Crippen LogP contribution < -0.4 is 14.8 Å². The molecule has 0 aliphatic heterocycles. The largest absolute Gasteiger partial charge is 0.496 e. The topological polar surface area (TPSA) is 43.4 Å². The highest BCUT2D eigenvalue weighted by molar-refractivity contribution is 5.94. The first-order chi connectivity index (χ1) is 9.22. The third kappa shape index (κ3) is 2.18. The van der Waals surface area contributed by atoms with E-state index in [1.807, 2.05) is 12.1 Å². The predicted molar refractivity (Wildman–Crippen MR) is 76.2 cm³/mol. The molecule has 2 aromatic rings. The summed E-state index contributed by atoms with van der Waals surface area (Å²) in [6.07, 6.45) is 2.46. The maximum absolute atomic E-state index is 5.43. The van der Waals surface area contributed by atoms with Gasteiger partial charge in [0.05, 0.1) is 14.2 Å². The Labute approximate surface area is 112 Å². The van der Waals surface area contributed by atoms with Gasteiger partial charge in [0, 0.05) is 11.4 Å². The van der Waals surface area contributed by atoms with E-state index in [1.165, 1.54) is 12.8 Å². The minimum absolute atomic E-state index is 0.584. The molecular formula is C15H18N2O2. The Bertz CT molecular complexity index is 621. The minimum atomic E-state index is 0.584. The first kappa shape index (κ1) is 12.1. The van der Waals surface area contributed by atoms with Crippen molar-refractivity contribution in [3.05, 3.63) is 23.8 Å². The molecule has 1 aliphatic carbocycles. The average molecular weight is 258 g/mol. The molecule has 0 radical (unpaired) electrons. The zero-order valence-electron chi connectivity index (χ0n) is 11.5. The lowest BCUT2D eigenvalue weighted by molar-refractivity contribution is 0.409. The molecule has 3 rings (SSSR count). The molecule has 1 aromatic carbocycles. The van der Waals surface area contributed by atoms with E-state index in [2.05, 4.69) is 23.3 Å². The van der Waals surface area contributed by atoms with E-state index in [1.54, 1.807) is 14.2 Å². The van der Waals surface area contributed by atoms with Gasteiger partial charge in [-0.15, -0.1) is 0 Å². The van der Waals surface area contributed by atoms with Crippen molar-refractivity contribution < 1.29 is 9.47 Å². The number of anilines is 1. The lowest BCUT2D eigenvalue weighted by Crippen LogP contribution is -2.04. The van der Waals surface area contributed by atoms with Crippen LogP contribution in [0.5, 0.6) is 11.5 Å². The highest BCUT2D eigenvalue weighted by Gasteiger charge is 2.22. The molecule has 0 atom stereocenters. The molecule has 0 unspecified atom stereocenters. The van der Waals surface area contributed by atoms with Crippen LogP contribution in [0, 0.1) is 6.92 Å². The number of fused-ring (bicyclic) bond motifs is 1. The molecule has 4 nitrogen and oxygen atoms in total. The molecule has 1 aromatic heterocycles. The Morgan fingerprint density at radius 3 is 2.47 bits per heavy atom. The number of ether oxygens (including phenoxy) is 2. The third-order valence-electron chi connectivity index (χ3n) is 3.45. The van der Waals surface area contributed by atoms with Crippen molar-refractivity contribution in [3.63, 3.8) is 0 Å². The summed E-state index contributed by atoms with van der Waals surface area (Å²) in [6.45, 7) is 2.07. The van der Waals surface area contributed by atoms with Gasteiger partial charge in [0.1, 0.15) is 22.8 Å². The zero-order chi connectivity index (χ0) is 13.4.